The first-order valence-electron chi connectivity index (χ1n) is 9.98. The van der Waals surface area contributed by atoms with Gasteiger partial charge in [0.25, 0.3) is 5.91 Å². The number of halogens is 1. The van der Waals surface area contributed by atoms with Crippen LogP contribution in [0.4, 0.5) is 15.9 Å². The summed E-state index contributed by atoms with van der Waals surface area (Å²) in [6.45, 7) is 0.176. The molecule has 0 aliphatic carbocycles. The number of benzene rings is 3. The number of amides is 1. The molecule has 6 nitrogen and oxygen atoms in total. The lowest BCUT2D eigenvalue weighted by molar-refractivity contribution is 0.0951. The van der Waals surface area contributed by atoms with Crippen molar-refractivity contribution >= 4 is 17.4 Å². The van der Waals surface area contributed by atoms with Crippen LogP contribution in [0.15, 0.2) is 85.1 Å². The molecule has 0 saturated carbocycles. The molecule has 1 amide bonds. The second-order valence-corrected chi connectivity index (χ2v) is 6.99. The third-order valence-corrected chi connectivity index (χ3v) is 4.74. The first kappa shape index (κ1) is 21.0. The van der Waals surface area contributed by atoms with Crippen LogP contribution in [0.5, 0.6) is 5.75 Å². The number of aromatic nitrogens is 2. The van der Waals surface area contributed by atoms with Crippen LogP contribution >= 0.6 is 0 Å². The van der Waals surface area contributed by atoms with E-state index in [1.54, 1.807) is 25.3 Å². The van der Waals surface area contributed by atoms with E-state index in [1.807, 2.05) is 48.5 Å². The molecule has 4 aromatic rings. The van der Waals surface area contributed by atoms with Gasteiger partial charge in [0.05, 0.1) is 7.11 Å². The summed E-state index contributed by atoms with van der Waals surface area (Å²) in [4.78, 5) is 21.9. The van der Waals surface area contributed by atoms with Crippen LogP contribution < -0.4 is 15.4 Å². The lowest BCUT2D eigenvalue weighted by Gasteiger charge is -2.13. The van der Waals surface area contributed by atoms with Crippen molar-refractivity contribution < 1.29 is 13.9 Å². The van der Waals surface area contributed by atoms with Gasteiger partial charge in [0.1, 0.15) is 22.9 Å². The van der Waals surface area contributed by atoms with Crippen LogP contribution in [0.3, 0.4) is 0 Å². The highest BCUT2D eigenvalue weighted by molar-refractivity contribution is 5.99. The van der Waals surface area contributed by atoms with Gasteiger partial charge < -0.3 is 15.4 Å². The largest absolute Gasteiger partial charge is 0.497 e. The summed E-state index contributed by atoms with van der Waals surface area (Å²) in [5, 5.41) is 5.99. The molecule has 160 valence electrons. The number of carbonyl (C=O) groups is 1. The predicted molar refractivity (Wildman–Crippen MR) is 121 cm³/mol. The summed E-state index contributed by atoms with van der Waals surface area (Å²) in [6.07, 6.45) is 1.48. The van der Waals surface area contributed by atoms with Crippen molar-refractivity contribution in [2.45, 2.75) is 6.54 Å². The third kappa shape index (κ3) is 5.07. The number of nitrogens with one attached hydrogen (secondary N) is 2. The van der Waals surface area contributed by atoms with Gasteiger partial charge in [-0.25, -0.2) is 14.4 Å². The van der Waals surface area contributed by atoms with Crippen molar-refractivity contribution in [2.75, 3.05) is 12.4 Å². The summed E-state index contributed by atoms with van der Waals surface area (Å²) in [5.74, 6) is 0.776. The zero-order valence-corrected chi connectivity index (χ0v) is 17.4. The number of ether oxygens (including phenoxy) is 1. The molecule has 0 radical (unpaired) electrons. The van der Waals surface area contributed by atoms with Crippen LogP contribution in [0.1, 0.15) is 15.9 Å². The van der Waals surface area contributed by atoms with Crippen molar-refractivity contribution in [3.05, 3.63) is 102 Å². The fraction of sp³-hybridized carbons (Fsp3) is 0.0800. The third-order valence-electron chi connectivity index (χ3n) is 4.74. The molecule has 0 fully saturated rings. The minimum atomic E-state index is -0.376. The molecule has 1 aromatic heterocycles. The Morgan fingerprint density at radius 3 is 2.59 bits per heavy atom. The molecular weight excluding hydrogens is 407 g/mol. The molecule has 0 unspecified atom stereocenters. The maximum Gasteiger partial charge on any atom is 0.256 e. The molecule has 32 heavy (non-hydrogen) atoms. The van der Waals surface area contributed by atoms with Gasteiger partial charge in [-0.15, -0.1) is 0 Å². The number of hydrogen-bond acceptors (Lipinski definition) is 5. The molecule has 2 N–H and O–H groups in total. The molecule has 0 aliphatic rings. The highest BCUT2D eigenvalue weighted by Gasteiger charge is 2.16. The van der Waals surface area contributed by atoms with E-state index in [1.165, 1.54) is 18.3 Å². The van der Waals surface area contributed by atoms with Crippen molar-refractivity contribution in [3.63, 3.8) is 0 Å². The Morgan fingerprint density at radius 2 is 1.81 bits per heavy atom. The zero-order valence-electron chi connectivity index (χ0n) is 17.4. The minimum Gasteiger partial charge on any atom is -0.497 e. The Morgan fingerprint density at radius 1 is 1.00 bits per heavy atom. The van der Waals surface area contributed by atoms with E-state index in [9.17, 15) is 9.18 Å². The Labute approximate surface area is 185 Å². The van der Waals surface area contributed by atoms with Crippen LogP contribution in [-0.4, -0.2) is 23.0 Å². The number of nitrogens with zero attached hydrogens (tertiary/aromatic N) is 2. The summed E-state index contributed by atoms with van der Waals surface area (Å²) >= 11 is 0. The van der Waals surface area contributed by atoms with Gasteiger partial charge >= 0.3 is 0 Å². The smallest absolute Gasteiger partial charge is 0.256 e. The highest BCUT2D eigenvalue weighted by Crippen LogP contribution is 2.25. The van der Waals surface area contributed by atoms with E-state index in [2.05, 4.69) is 20.6 Å². The van der Waals surface area contributed by atoms with E-state index in [-0.39, 0.29) is 23.8 Å². The number of rotatable bonds is 7. The standard InChI is InChI=1S/C25H21FN4O2/c1-32-21-12-6-11-20(14-21)29-24-22(16-27-23(30-24)18-8-3-2-4-9-18)25(31)28-15-17-7-5-10-19(26)13-17/h2-14,16H,15H2,1H3,(H,28,31)(H,27,29,30). The number of methoxy groups -OCH3 is 1. The normalized spacial score (nSPS) is 10.4. The van der Waals surface area contributed by atoms with Crippen molar-refractivity contribution in [1.29, 1.82) is 0 Å². The van der Waals surface area contributed by atoms with Gasteiger partial charge in [-0.2, -0.15) is 0 Å². The van der Waals surface area contributed by atoms with Gasteiger partial charge in [-0.1, -0.05) is 48.5 Å². The van der Waals surface area contributed by atoms with E-state index >= 15 is 0 Å². The maximum atomic E-state index is 13.4. The Bertz CT molecular complexity index is 1230. The monoisotopic (exact) mass is 428 g/mol. The van der Waals surface area contributed by atoms with Gasteiger partial charge in [0.2, 0.25) is 0 Å². The first-order valence-corrected chi connectivity index (χ1v) is 9.98. The van der Waals surface area contributed by atoms with Crippen molar-refractivity contribution in [3.8, 4) is 17.1 Å². The summed E-state index contributed by atoms with van der Waals surface area (Å²) in [7, 11) is 1.59. The Hall–Kier alpha value is -4.26. The van der Waals surface area contributed by atoms with Crippen LogP contribution in [0, 0.1) is 5.82 Å². The van der Waals surface area contributed by atoms with Crippen LogP contribution in [0.25, 0.3) is 11.4 Å². The molecule has 0 bridgehead atoms. The average Bonchev–Trinajstić information content (AvgIpc) is 2.83. The average molecular weight is 428 g/mol. The van der Waals surface area contributed by atoms with Gasteiger partial charge in [-0.3, -0.25) is 4.79 Å². The highest BCUT2D eigenvalue weighted by atomic mass is 19.1. The fourth-order valence-corrected chi connectivity index (χ4v) is 3.13. The van der Waals surface area contributed by atoms with Gasteiger partial charge in [0, 0.05) is 30.1 Å². The van der Waals surface area contributed by atoms with Crippen LogP contribution in [0.2, 0.25) is 0 Å². The summed E-state index contributed by atoms with van der Waals surface area (Å²) in [6, 6.07) is 22.9. The molecule has 7 heteroatoms. The molecule has 0 spiro atoms. The summed E-state index contributed by atoms with van der Waals surface area (Å²) < 4.78 is 18.7. The quantitative estimate of drug-likeness (QED) is 0.435. The first-order chi connectivity index (χ1) is 15.6. The van der Waals surface area contributed by atoms with Crippen molar-refractivity contribution in [1.82, 2.24) is 15.3 Å². The Balaban J connectivity index is 1.64. The van der Waals surface area contributed by atoms with E-state index in [0.717, 1.165) is 5.56 Å². The Kier molecular flexibility index (Phi) is 6.36. The second-order valence-electron chi connectivity index (χ2n) is 6.99. The lowest BCUT2D eigenvalue weighted by atomic mass is 10.2. The fourth-order valence-electron chi connectivity index (χ4n) is 3.13. The number of carbonyl (C=O) groups excluding carboxylic acids is 1. The maximum absolute atomic E-state index is 13.4. The SMILES string of the molecule is COc1cccc(Nc2nc(-c3ccccc3)ncc2C(=O)NCc2cccc(F)c2)c1. The number of hydrogen-bond donors (Lipinski definition) is 2. The minimum absolute atomic E-state index is 0.176. The molecule has 0 atom stereocenters. The molecule has 4 rings (SSSR count). The van der Waals surface area contributed by atoms with Gasteiger partial charge in [-0.05, 0) is 29.8 Å². The predicted octanol–water partition coefficient (Wildman–Crippen LogP) is 4.96. The molecule has 1 heterocycles. The number of anilines is 2. The van der Waals surface area contributed by atoms with E-state index in [0.29, 0.717) is 28.6 Å². The molecule has 0 saturated heterocycles. The molecule has 0 aliphatic heterocycles. The topological polar surface area (TPSA) is 76.1 Å². The van der Waals surface area contributed by atoms with Crippen molar-refractivity contribution in [2.24, 2.45) is 0 Å². The second kappa shape index (κ2) is 9.70. The van der Waals surface area contributed by atoms with E-state index in [4.69, 9.17) is 4.74 Å². The lowest BCUT2D eigenvalue weighted by Crippen LogP contribution is -2.24. The van der Waals surface area contributed by atoms with Crippen LogP contribution in [-0.2, 0) is 6.54 Å². The molecular formula is C25H21FN4O2. The van der Waals surface area contributed by atoms with E-state index < -0.39 is 0 Å². The summed E-state index contributed by atoms with van der Waals surface area (Å²) in [5.41, 5.74) is 2.46. The zero-order chi connectivity index (χ0) is 22.3. The van der Waals surface area contributed by atoms with Gasteiger partial charge in [0.15, 0.2) is 5.82 Å². The molecule has 3 aromatic carbocycles.